The Morgan fingerprint density at radius 3 is 2.00 bits per heavy atom. The van der Waals surface area contributed by atoms with Crippen LogP contribution in [-0.4, -0.2) is 17.6 Å². The molecule has 8 heteroatoms. The Morgan fingerprint density at radius 2 is 1.56 bits per heavy atom. The lowest BCUT2D eigenvalue weighted by atomic mass is 10.2. The second-order valence-electron chi connectivity index (χ2n) is 3.24. The van der Waals surface area contributed by atoms with Crippen molar-refractivity contribution in [3.05, 3.63) is 26.2 Å². The fourth-order valence-corrected chi connectivity index (χ4v) is 2.09. The molecule has 1 rings (SSSR count). The van der Waals surface area contributed by atoms with E-state index < -0.39 is 11.7 Å². The third-order valence-electron chi connectivity index (χ3n) is 1.88. The van der Waals surface area contributed by atoms with Gasteiger partial charge in [0, 0.05) is 0 Å². The van der Waals surface area contributed by atoms with Crippen molar-refractivity contribution in [1.82, 2.24) is 0 Å². The van der Waals surface area contributed by atoms with Gasteiger partial charge in [-0.1, -0.05) is 46.4 Å². The summed E-state index contributed by atoms with van der Waals surface area (Å²) in [6.45, 7) is 0. The summed E-state index contributed by atoms with van der Waals surface area (Å²) in [5.74, 6) is -1.26. The van der Waals surface area contributed by atoms with Crippen molar-refractivity contribution in [2.75, 3.05) is 11.2 Å². The van der Waals surface area contributed by atoms with Crippen LogP contribution in [0.3, 0.4) is 0 Å². The van der Waals surface area contributed by atoms with Gasteiger partial charge in [0.25, 0.3) is 0 Å². The lowest BCUT2D eigenvalue weighted by Crippen LogP contribution is -2.17. The molecule has 0 fully saturated rings. The van der Waals surface area contributed by atoms with Gasteiger partial charge in [-0.2, -0.15) is 0 Å². The summed E-state index contributed by atoms with van der Waals surface area (Å²) in [7, 11) is 0. The van der Waals surface area contributed by atoms with E-state index in [-0.39, 0.29) is 38.1 Å². The summed E-state index contributed by atoms with van der Waals surface area (Å²) in [5, 5.41) is 2.77. The number of ketones is 1. The number of carbonyl (C=O) groups is 2. The van der Waals surface area contributed by atoms with Crippen LogP contribution in [0.4, 0.5) is 5.69 Å². The summed E-state index contributed by atoms with van der Waals surface area (Å²) in [5.41, 5.74) is 0.0724. The second kappa shape index (κ2) is 6.83. The van der Waals surface area contributed by atoms with Crippen molar-refractivity contribution in [2.45, 2.75) is 6.42 Å². The van der Waals surface area contributed by atoms with Gasteiger partial charge in [0.2, 0.25) is 5.91 Å². The molecule has 0 aliphatic rings. The highest BCUT2D eigenvalue weighted by Gasteiger charge is 2.17. The summed E-state index contributed by atoms with van der Waals surface area (Å²) in [6, 6.07) is 1.35. The Bertz CT molecular complexity index is 477. The zero-order chi connectivity index (χ0) is 13.9. The highest BCUT2D eigenvalue weighted by molar-refractivity contribution is 6.50. The van der Waals surface area contributed by atoms with Crippen LogP contribution in [0.15, 0.2) is 6.07 Å². The quantitative estimate of drug-likeness (QED) is 0.496. The van der Waals surface area contributed by atoms with E-state index in [0.29, 0.717) is 0 Å². The SMILES string of the molecule is O=C(CCl)CC(=O)Nc1c(Cl)c(Cl)cc(Cl)c1Cl. The van der Waals surface area contributed by atoms with Crippen molar-refractivity contribution >= 4 is 75.4 Å². The Balaban J connectivity index is 2.97. The minimum absolute atomic E-state index is 0.0535. The topological polar surface area (TPSA) is 46.2 Å². The minimum Gasteiger partial charge on any atom is -0.323 e. The standard InChI is InChI=1S/C10H6Cl5NO2/c11-3-4(17)1-7(18)16-10-8(14)5(12)2-6(13)9(10)15/h2H,1,3H2,(H,16,18). The van der Waals surface area contributed by atoms with Crippen LogP contribution in [-0.2, 0) is 9.59 Å². The van der Waals surface area contributed by atoms with Crippen molar-refractivity contribution in [2.24, 2.45) is 0 Å². The number of hydrogen-bond donors (Lipinski definition) is 1. The minimum atomic E-state index is -0.595. The highest BCUT2D eigenvalue weighted by atomic mass is 35.5. The third-order valence-corrected chi connectivity index (χ3v) is 3.76. The van der Waals surface area contributed by atoms with E-state index >= 15 is 0 Å². The zero-order valence-corrected chi connectivity index (χ0v) is 12.5. The van der Waals surface area contributed by atoms with E-state index in [4.69, 9.17) is 58.0 Å². The third kappa shape index (κ3) is 3.90. The first-order valence-corrected chi connectivity index (χ1v) is 6.62. The number of hydrogen-bond acceptors (Lipinski definition) is 2. The predicted octanol–water partition coefficient (Wildman–Crippen LogP) is 4.44. The predicted molar refractivity (Wildman–Crippen MR) is 75.5 cm³/mol. The molecule has 0 saturated heterocycles. The molecule has 0 aromatic heterocycles. The van der Waals surface area contributed by atoms with Gasteiger partial charge in [-0.3, -0.25) is 9.59 Å². The Hall–Kier alpha value is -0.190. The van der Waals surface area contributed by atoms with Crippen molar-refractivity contribution in [1.29, 1.82) is 0 Å². The molecule has 0 atom stereocenters. The van der Waals surface area contributed by atoms with E-state index in [1.54, 1.807) is 0 Å². The van der Waals surface area contributed by atoms with Gasteiger partial charge >= 0.3 is 0 Å². The van der Waals surface area contributed by atoms with Crippen LogP contribution >= 0.6 is 58.0 Å². The Labute approximate surface area is 128 Å². The molecule has 1 aromatic carbocycles. The molecule has 0 radical (unpaired) electrons. The number of Topliss-reactive ketones (excluding diaryl/α,β-unsaturated/α-hetero) is 1. The fraction of sp³-hybridized carbons (Fsp3) is 0.200. The summed E-state index contributed by atoms with van der Waals surface area (Å²) < 4.78 is 0. The van der Waals surface area contributed by atoms with Crippen LogP contribution in [0.5, 0.6) is 0 Å². The molecule has 0 aliphatic heterocycles. The van der Waals surface area contributed by atoms with E-state index in [0.717, 1.165) is 0 Å². The molecular formula is C10H6Cl5NO2. The van der Waals surface area contributed by atoms with Gasteiger partial charge in [-0.05, 0) is 6.07 Å². The molecule has 98 valence electrons. The number of halogens is 5. The van der Waals surface area contributed by atoms with Gasteiger partial charge in [-0.25, -0.2) is 0 Å². The van der Waals surface area contributed by atoms with E-state index in [1.807, 2.05) is 0 Å². The maximum absolute atomic E-state index is 11.5. The Morgan fingerprint density at radius 1 is 1.06 bits per heavy atom. The van der Waals surface area contributed by atoms with Crippen LogP contribution in [0, 0.1) is 0 Å². The molecule has 1 aromatic rings. The number of alkyl halides is 1. The monoisotopic (exact) mass is 347 g/mol. The van der Waals surface area contributed by atoms with E-state index in [2.05, 4.69) is 5.32 Å². The smallest absolute Gasteiger partial charge is 0.231 e. The summed E-state index contributed by atoms with van der Waals surface area (Å²) in [6.07, 6.45) is -0.375. The van der Waals surface area contributed by atoms with E-state index in [9.17, 15) is 9.59 Å². The van der Waals surface area contributed by atoms with Gasteiger partial charge in [0.1, 0.15) is 0 Å². The van der Waals surface area contributed by atoms with Crippen molar-refractivity contribution < 1.29 is 9.59 Å². The van der Waals surface area contributed by atoms with Crippen LogP contribution < -0.4 is 5.32 Å². The molecule has 0 aliphatic carbocycles. The number of benzene rings is 1. The summed E-state index contributed by atoms with van der Waals surface area (Å²) >= 11 is 28.6. The highest BCUT2D eigenvalue weighted by Crippen LogP contribution is 2.40. The molecule has 1 N–H and O–H groups in total. The van der Waals surface area contributed by atoms with Gasteiger partial charge in [-0.15, -0.1) is 11.6 Å². The number of anilines is 1. The lowest BCUT2D eigenvalue weighted by molar-refractivity contribution is -0.124. The average molecular weight is 349 g/mol. The molecule has 0 saturated carbocycles. The number of carbonyl (C=O) groups excluding carboxylic acids is 2. The van der Waals surface area contributed by atoms with Crippen molar-refractivity contribution in [3.8, 4) is 0 Å². The maximum atomic E-state index is 11.5. The largest absolute Gasteiger partial charge is 0.323 e. The van der Waals surface area contributed by atoms with Crippen molar-refractivity contribution in [3.63, 3.8) is 0 Å². The lowest BCUT2D eigenvalue weighted by Gasteiger charge is -2.11. The number of rotatable bonds is 4. The molecule has 18 heavy (non-hydrogen) atoms. The second-order valence-corrected chi connectivity index (χ2v) is 5.08. The normalized spacial score (nSPS) is 10.3. The molecule has 3 nitrogen and oxygen atoms in total. The van der Waals surface area contributed by atoms with Crippen LogP contribution in [0.25, 0.3) is 0 Å². The molecule has 0 unspecified atom stereocenters. The first-order valence-electron chi connectivity index (χ1n) is 4.57. The zero-order valence-electron chi connectivity index (χ0n) is 8.70. The molecule has 0 heterocycles. The van der Waals surface area contributed by atoms with Crippen LogP contribution in [0.1, 0.15) is 6.42 Å². The first kappa shape index (κ1) is 15.9. The van der Waals surface area contributed by atoms with E-state index in [1.165, 1.54) is 6.07 Å². The molecule has 0 bridgehead atoms. The van der Waals surface area contributed by atoms with Gasteiger partial charge in [0.05, 0.1) is 38.1 Å². The fourth-order valence-electron chi connectivity index (χ4n) is 1.09. The van der Waals surface area contributed by atoms with Gasteiger partial charge in [0.15, 0.2) is 5.78 Å². The van der Waals surface area contributed by atoms with Crippen LogP contribution in [0.2, 0.25) is 20.1 Å². The molecular weight excluding hydrogens is 343 g/mol. The molecule has 1 amide bonds. The first-order chi connectivity index (χ1) is 8.36. The maximum Gasteiger partial charge on any atom is 0.231 e. The summed E-state index contributed by atoms with van der Waals surface area (Å²) in [4.78, 5) is 22.5. The average Bonchev–Trinajstić information content (AvgIpc) is 2.32. The number of amides is 1. The Kier molecular flexibility index (Phi) is 6.02. The molecule has 0 spiro atoms. The number of nitrogens with one attached hydrogen (secondary N) is 1. The van der Waals surface area contributed by atoms with Gasteiger partial charge < -0.3 is 5.32 Å².